The Morgan fingerprint density at radius 3 is 2.41 bits per heavy atom. The average molecular weight is 305 g/mol. The van der Waals surface area contributed by atoms with Gasteiger partial charge in [-0.2, -0.15) is 0 Å². The van der Waals surface area contributed by atoms with Gasteiger partial charge in [0.05, 0.1) is 13.7 Å². The lowest BCUT2D eigenvalue weighted by molar-refractivity contribution is 0.0205. The quantitative estimate of drug-likeness (QED) is 0.804. The Morgan fingerprint density at radius 2 is 1.82 bits per heavy atom. The molecule has 0 aromatic heterocycles. The first kappa shape index (κ1) is 16.2. The summed E-state index contributed by atoms with van der Waals surface area (Å²) in [5, 5.41) is 0. The van der Waals surface area contributed by atoms with Crippen molar-refractivity contribution in [3.8, 4) is 11.5 Å². The number of methoxy groups -OCH3 is 1. The number of nitrogens with zero attached hydrogens (tertiary/aromatic N) is 1. The number of amides is 1. The maximum atomic E-state index is 12.1. The molecule has 120 valence electrons. The molecular formula is C17H23NO4. The van der Waals surface area contributed by atoms with Gasteiger partial charge in [-0.15, -0.1) is 0 Å². The Hall–Kier alpha value is -2.17. The van der Waals surface area contributed by atoms with Crippen molar-refractivity contribution in [2.24, 2.45) is 0 Å². The zero-order valence-corrected chi connectivity index (χ0v) is 13.5. The van der Waals surface area contributed by atoms with Gasteiger partial charge in [0, 0.05) is 6.54 Å². The Morgan fingerprint density at radius 1 is 1.18 bits per heavy atom. The summed E-state index contributed by atoms with van der Waals surface area (Å²) >= 11 is 0. The smallest absolute Gasteiger partial charge is 0.410 e. The molecule has 1 aromatic carbocycles. The Balaban J connectivity index is 1.94. The van der Waals surface area contributed by atoms with E-state index in [4.69, 9.17) is 14.2 Å². The highest BCUT2D eigenvalue weighted by Gasteiger charge is 2.26. The van der Waals surface area contributed by atoms with Crippen LogP contribution in [0.15, 0.2) is 36.4 Å². The van der Waals surface area contributed by atoms with Crippen molar-refractivity contribution < 1.29 is 19.0 Å². The first-order chi connectivity index (χ1) is 10.4. The third kappa shape index (κ3) is 4.69. The third-order valence-corrected chi connectivity index (χ3v) is 3.08. The number of rotatable bonds is 3. The van der Waals surface area contributed by atoms with Gasteiger partial charge in [0.25, 0.3) is 0 Å². The summed E-state index contributed by atoms with van der Waals surface area (Å²) in [5.41, 5.74) is -0.495. The molecule has 1 amide bonds. The van der Waals surface area contributed by atoms with Crippen molar-refractivity contribution in [3.05, 3.63) is 36.4 Å². The molecule has 0 unspecified atom stereocenters. The molecule has 0 saturated carbocycles. The predicted octanol–water partition coefficient (Wildman–Crippen LogP) is 3.25. The van der Waals surface area contributed by atoms with E-state index >= 15 is 0 Å². The summed E-state index contributed by atoms with van der Waals surface area (Å²) < 4.78 is 16.4. The molecule has 0 spiro atoms. The van der Waals surface area contributed by atoms with Crippen molar-refractivity contribution in [1.29, 1.82) is 0 Å². The second-order valence-corrected chi connectivity index (χ2v) is 6.15. The van der Waals surface area contributed by atoms with Crippen LogP contribution in [-0.4, -0.2) is 42.9 Å². The zero-order chi connectivity index (χ0) is 16.2. The highest BCUT2D eigenvalue weighted by Crippen LogP contribution is 2.20. The SMILES string of the molecule is COc1ccc(O[C@@H]2C=CCN(C(=O)OC(C)(C)C)C2)cc1. The molecule has 22 heavy (non-hydrogen) atoms. The van der Waals surface area contributed by atoms with Crippen molar-refractivity contribution >= 4 is 6.09 Å². The van der Waals surface area contributed by atoms with Gasteiger partial charge in [0.15, 0.2) is 0 Å². The van der Waals surface area contributed by atoms with E-state index in [1.54, 1.807) is 12.0 Å². The summed E-state index contributed by atoms with van der Waals surface area (Å²) in [6.07, 6.45) is 3.38. The zero-order valence-electron chi connectivity index (χ0n) is 13.5. The summed E-state index contributed by atoms with van der Waals surface area (Å²) in [6.45, 7) is 6.58. The molecule has 5 nitrogen and oxygen atoms in total. The minimum atomic E-state index is -0.495. The standard InChI is InChI=1S/C17H23NO4/c1-17(2,3)22-16(19)18-11-5-6-15(12-18)21-14-9-7-13(20-4)8-10-14/h5-10,15H,11-12H2,1-4H3/t15-/m1/s1. The molecule has 0 N–H and O–H groups in total. The van der Waals surface area contributed by atoms with Crippen LogP contribution >= 0.6 is 0 Å². The van der Waals surface area contributed by atoms with E-state index in [-0.39, 0.29) is 12.2 Å². The van der Waals surface area contributed by atoms with E-state index < -0.39 is 5.60 Å². The van der Waals surface area contributed by atoms with Crippen LogP contribution in [0.3, 0.4) is 0 Å². The second kappa shape index (κ2) is 6.73. The Labute approximate surface area is 131 Å². The van der Waals surface area contributed by atoms with E-state index in [0.717, 1.165) is 11.5 Å². The van der Waals surface area contributed by atoms with Crippen LogP contribution in [-0.2, 0) is 4.74 Å². The largest absolute Gasteiger partial charge is 0.497 e. The lowest BCUT2D eigenvalue weighted by Crippen LogP contribution is -2.44. The molecule has 2 rings (SSSR count). The Kier molecular flexibility index (Phi) is 4.96. The van der Waals surface area contributed by atoms with Crippen LogP contribution in [0.5, 0.6) is 11.5 Å². The molecule has 0 aliphatic carbocycles. The van der Waals surface area contributed by atoms with Gasteiger partial charge in [-0.25, -0.2) is 4.79 Å². The maximum Gasteiger partial charge on any atom is 0.410 e. The highest BCUT2D eigenvalue weighted by molar-refractivity contribution is 5.68. The fraction of sp³-hybridized carbons (Fsp3) is 0.471. The topological polar surface area (TPSA) is 48.0 Å². The molecule has 1 atom stereocenters. The molecule has 1 heterocycles. The maximum absolute atomic E-state index is 12.1. The monoisotopic (exact) mass is 305 g/mol. The summed E-state index contributed by atoms with van der Waals surface area (Å²) in [4.78, 5) is 13.7. The minimum absolute atomic E-state index is 0.185. The van der Waals surface area contributed by atoms with Crippen LogP contribution in [0.4, 0.5) is 4.79 Å². The van der Waals surface area contributed by atoms with Gasteiger partial charge in [0.2, 0.25) is 0 Å². The number of carbonyl (C=O) groups excluding carboxylic acids is 1. The fourth-order valence-corrected chi connectivity index (χ4v) is 2.07. The highest BCUT2D eigenvalue weighted by atomic mass is 16.6. The molecule has 0 bridgehead atoms. The summed E-state index contributed by atoms with van der Waals surface area (Å²) in [5.74, 6) is 1.52. The van der Waals surface area contributed by atoms with Crippen molar-refractivity contribution in [2.75, 3.05) is 20.2 Å². The van der Waals surface area contributed by atoms with Gasteiger partial charge >= 0.3 is 6.09 Å². The number of hydrogen-bond donors (Lipinski definition) is 0. The molecule has 1 aromatic rings. The summed E-state index contributed by atoms with van der Waals surface area (Å²) in [7, 11) is 1.62. The summed E-state index contributed by atoms with van der Waals surface area (Å²) in [6, 6.07) is 7.37. The van der Waals surface area contributed by atoms with Crippen LogP contribution in [0, 0.1) is 0 Å². The van der Waals surface area contributed by atoms with Crippen LogP contribution in [0.1, 0.15) is 20.8 Å². The molecule has 1 aliphatic heterocycles. The van der Waals surface area contributed by atoms with Gasteiger partial charge in [-0.05, 0) is 51.1 Å². The average Bonchev–Trinajstić information content (AvgIpc) is 2.46. The first-order valence-electron chi connectivity index (χ1n) is 7.33. The minimum Gasteiger partial charge on any atom is -0.497 e. The number of ether oxygens (including phenoxy) is 3. The van der Waals surface area contributed by atoms with E-state index in [2.05, 4.69) is 0 Å². The fourth-order valence-electron chi connectivity index (χ4n) is 2.07. The molecule has 1 aliphatic rings. The van der Waals surface area contributed by atoms with Gasteiger partial charge < -0.3 is 19.1 Å². The van der Waals surface area contributed by atoms with Crippen molar-refractivity contribution in [2.45, 2.75) is 32.5 Å². The van der Waals surface area contributed by atoms with Crippen LogP contribution in [0.25, 0.3) is 0 Å². The molecule has 0 fully saturated rings. The molecule has 5 heteroatoms. The molecule has 0 saturated heterocycles. The molecular weight excluding hydrogens is 282 g/mol. The van der Waals surface area contributed by atoms with E-state index in [9.17, 15) is 4.79 Å². The van der Waals surface area contributed by atoms with E-state index in [1.165, 1.54) is 0 Å². The lowest BCUT2D eigenvalue weighted by Gasteiger charge is -2.31. The number of benzene rings is 1. The predicted molar refractivity (Wildman–Crippen MR) is 84.4 cm³/mol. The van der Waals surface area contributed by atoms with E-state index in [0.29, 0.717) is 13.1 Å². The second-order valence-electron chi connectivity index (χ2n) is 6.15. The van der Waals surface area contributed by atoms with Gasteiger partial charge in [-0.1, -0.05) is 6.08 Å². The van der Waals surface area contributed by atoms with E-state index in [1.807, 2.05) is 57.2 Å². The van der Waals surface area contributed by atoms with Gasteiger partial charge in [0.1, 0.15) is 23.2 Å². The lowest BCUT2D eigenvalue weighted by atomic mass is 10.2. The normalized spacial score (nSPS) is 18.0. The third-order valence-electron chi connectivity index (χ3n) is 3.08. The molecule has 0 radical (unpaired) electrons. The van der Waals surface area contributed by atoms with Crippen molar-refractivity contribution in [3.63, 3.8) is 0 Å². The van der Waals surface area contributed by atoms with Crippen LogP contribution < -0.4 is 9.47 Å². The van der Waals surface area contributed by atoms with Crippen LogP contribution in [0.2, 0.25) is 0 Å². The Bertz CT molecular complexity index is 531. The first-order valence-corrected chi connectivity index (χ1v) is 7.33. The number of carbonyl (C=O) groups is 1. The number of hydrogen-bond acceptors (Lipinski definition) is 4. The van der Waals surface area contributed by atoms with Gasteiger partial charge in [-0.3, -0.25) is 0 Å². The van der Waals surface area contributed by atoms with Crippen molar-refractivity contribution in [1.82, 2.24) is 4.90 Å².